The Morgan fingerprint density at radius 3 is 3.05 bits per heavy atom. The van der Waals surface area contributed by atoms with Crippen molar-refractivity contribution in [1.82, 2.24) is 19.9 Å². The first-order valence-corrected chi connectivity index (χ1v) is 7.53. The van der Waals surface area contributed by atoms with Gasteiger partial charge in [0.15, 0.2) is 0 Å². The quantitative estimate of drug-likeness (QED) is 0.617. The van der Waals surface area contributed by atoms with Gasteiger partial charge in [-0.15, -0.1) is 11.3 Å². The van der Waals surface area contributed by atoms with Crippen LogP contribution in [-0.4, -0.2) is 19.9 Å². The Morgan fingerprint density at radius 1 is 1.14 bits per heavy atom. The summed E-state index contributed by atoms with van der Waals surface area (Å²) in [4.78, 5) is 27.5. The van der Waals surface area contributed by atoms with Crippen molar-refractivity contribution in [3.63, 3.8) is 0 Å². The third kappa shape index (κ3) is 2.29. The molecule has 0 aliphatic heterocycles. The molecule has 0 saturated heterocycles. The van der Waals surface area contributed by atoms with Crippen LogP contribution >= 0.6 is 11.3 Å². The lowest BCUT2D eigenvalue weighted by Crippen LogP contribution is -2.09. The zero-order valence-electron chi connectivity index (χ0n) is 11.4. The van der Waals surface area contributed by atoms with E-state index >= 15 is 0 Å². The monoisotopic (exact) mass is 306 g/mol. The number of aromatic nitrogens is 4. The van der Waals surface area contributed by atoms with E-state index in [0.717, 1.165) is 15.8 Å². The summed E-state index contributed by atoms with van der Waals surface area (Å²) in [5, 5.41) is 2.55. The molecule has 22 heavy (non-hydrogen) atoms. The molecule has 4 rings (SSSR count). The lowest BCUT2D eigenvalue weighted by atomic mass is 10.2. The van der Waals surface area contributed by atoms with Crippen LogP contribution in [0.2, 0.25) is 0 Å². The summed E-state index contributed by atoms with van der Waals surface area (Å²) in [6.07, 6.45) is 8.61. The Morgan fingerprint density at radius 2 is 2.09 bits per heavy atom. The maximum absolute atomic E-state index is 12.0. The van der Waals surface area contributed by atoms with Crippen LogP contribution in [-0.2, 0) is 0 Å². The summed E-state index contributed by atoms with van der Waals surface area (Å²) in [5.74, 6) is 0.497. The SMILES string of the molecule is O=c1[nH]c(C=Cc2cnc3ccsc3c2)nc2cnccc12. The number of nitrogens with one attached hydrogen (secondary N) is 1. The van der Waals surface area contributed by atoms with Gasteiger partial charge in [-0.1, -0.05) is 0 Å². The number of pyridine rings is 2. The van der Waals surface area contributed by atoms with Crippen LogP contribution in [0.5, 0.6) is 0 Å². The molecule has 0 aromatic carbocycles. The molecule has 5 nitrogen and oxygen atoms in total. The predicted octanol–water partition coefficient (Wildman–Crippen LogP) is 3.10. The molecule has 6 heteroatoms. The van der Waals surface area contributed by atoms with Gasteiger partial charge in [-0.25, -0.2) is 4.98 Å². The fourth-order valence-corrected chi connectivity index (χ4v) is 3.00. The third-order valence-corrected chi connectivity index (χ3v) is 4.14. The number of fused-ring (bicyclic) bond motifs is 2. The molecule has 0 radical (unpaired) electrons. The fourth-order valence-electron chi connectivity index (χ4n) is 2.22. The van der Waals surface area contributed by atoms with Gasteiger partial charge in [-0.05, 0) is 41.3 Å². The second kappa shape index (κ2) is 5.16. The van der Waals surface area contributed by atoms with Gasteiger partial charge in [0.05, 0.1) is 27.3 Å². The fraction of sp³-hybridized carbons (Fsp3) is 0. The summed E-state index contributed by atoms with van der Waals surface area (Å²) in [5.41, 5.74) is 2.37. The highest BCUT2D eigenvalue weighted by atomic mass is 32.1. The van der Waals surface area contributed by atoms with Gasteiger partial charge in [0.1, 0.15) is 5.82 Å². The Labute approximate surface area is 129 Å². The van der Waals surface area contributed by atoms with Crippen LogP contribution in [0.4, 0.5) is 0 Å². The van der Waals surface area contributed by atoms with Gasteiger partial charge in [-0.3, -0.25) is 14.8 Å². The second-order valence-corrected chi connectivity index (χ2v) is 5.70. The van der Waals surface area contributed by atoms with Gasteiger partial charge in [0.25, 0.3) is 5.56 Å². The highest BCUT2D eigenvalue weighted by Gasteiger charge is 2.01. The van der Waals surface area contributed by atoms with E-state index in [9.17, 15) is 4.79 Å². The van der Waals surface area contributed by atoms with Crippen molar-refractivity contribution in [1.29, 1.82) is 0 Å². The van der Waals surface area contributed by atoms with Crippen molar-refractivity contribution >= 4 is 44.6 Å². The van der Waals surface area contributed by atoms with E-state index in [1.54, 1.807) is 42.1 Å². The summed E-state index contributed by atoms with van der Waals surface area (Å²) >= 11 is 1.65. The Hall–Kier alpha value is -2.86. The second-order valence-electron chi connectivity index (χ2n) is 4.75. The Bertz CT molecular complexity index is 1060. The standard InChI is InChI=1S/C16H10N4OS/c21-16-11-3-5-17-9-13(11)19-15(20-16)2-1-10-7-14-12(18-8-10)4-6-22-14/h1-9H,(H,19,20,21). The largest absolute Gasteiger partial charge is 0.306 e. The summed E-state index contributed by atoms with van der Waals surface area (Å²) in [6, 6.07) is 5.70. The molecule has 0 spiro atoms. The minimum Gasteiger partial charge on any atom is -0.306 e. The Kier molecular flexibility index (Phi) is 3.01. The molecular formula is C16H10N4OS. The van der Waals surface area contributed by atoms with E-state index < -0.39 is 0 Å². The molecule has 0 bridgehead atoms. The van der Waals surface area contributed by atoms with E-state index in [-0.39, 0.29) is 5.56 Å². The molecule has 0 atom stereocenters. The first-order valence-electron chi connectivity index (χ1n) is 6.65. The number of aromatic amines is 1. The van der Waals surface area contributed by atoms with Crippen LogP contribution in [0.25, 0.3) is 33.3 Å². The zero-order valence-corrected chi connectivity index (χ0v) is 12.2. The molecule has 0 aliphatic rings. The lowest BCUT2D eigenvalue weighted by molar-refractivity contribution is 1.13. The van der Waals surface area contributed by atoms with E-state index in [2.05, 4.69) is 26.0 Å². The first kappa shape index (κ1) is 12.8. The number of rotatable bonds is 2. The van der Waals surface area contributed by atoms with E-state index in [0.29, 0.717) is 16.7 Å². The van der Waals surface area contributed by atoms with Crippen molar-refractivity contribution in [2.45, 2.75) is 0 Å². The summed E-state index contributed by atoms with van der Waals surface area (Å²) in [6.45, 7) is 0. The topological polar surface area (TPSA) is 71.5 Å². The average molecular weight is 306 g/mol. The molecule has 0 amide bonds. The maximum Gasteiger partial charge on any atom is 0.259 e. The lowest BCUT2D eigenvalue weighted by Gasteiger charge is -1.98. The van der Waals surface area contributed by atoms with Crippen molar-refractivity contribution in [2.75, 3.05) is 0 Å². The van der Waals surface area contributed by atoms with Gasteiger partial charge in [0.2, 0.25) is 0 Å². The molecule has 0 fully saturated rings. The number of hydrogen-bond acceptors (Lipinski definition) is 5. The minimum absolute atomic E-state index is 0.168. The molecule has 4 aromatic heterocycles. The number of nitrogens with zero attached hydrogens (tertiary/aromatic N) is 3. The van der Waals surface area contributed by atoms with Gasteiger partial charge in [0, 0.05) is 12.4 Å². The zero-order chi connectivity index (χ0) is 14.9. The van der Waals surface area contributed by atoms with Crippen molar-refractivity contribution in [3.05, 3.63) is 63.9 Å². The normalized spacial score (nSPS) is 11.6. The Balaban J connectivity index is 1.74. The molecule has 1 N–H and O–H groups in total. The number of H-pyrrole nitrogens is 1. The third-order valence-electron chi connectivity index (χ3n) is 3.28. The smallest absolute Gasteiger partial charge is 0.259 e. The first-order chi connectivity index (χ1) is 10.8. The van der Waals surface area contributed by atoms with Gasteiger partial charge < -0.3 is 4.98 Å². The van der Waals surface area contributed by atoms with Crippen molar-refractivity contribution < 1.29 is 0 Å². The number of hydrogen-bond donors (Lipinski definition) is 1. The van der Waals surface area contributed by atoms with Crippen LogP contribution in [0.1, 0.15) is 11.4 Å². The highest BCUT2D eigenvalue weighted by molar-refractivity contribution is 7.17. The highest BCUT2D eigenvalue weighted by Crippen LogP contribution is 2.20. The van der Waals surface area contributed by atoms with Gasteiger partial charge in [-0.2, -0.15) is 0 Å². The van der Waals surface area contributed by atoms with Crippen LogP contribution < -0.4 is 5.56 Å². The van der Waals surface area contributed by atoms with Crippen LogP contribution in [0, 0.1) is 0 Å². The summed E-state index contributed by atoms with van der Waals surface area (Å²) < 4.78 is 1.13. The molecule has 0 saturated carbocycles. The molecule has 4 aromatic rings. The average Bonchev–Trinajstić information content (AvgIpc) is 3.00. The summed E-state index contributed by atoms with van der Waals surface area (Å²) in [7, 11) is 0. The van der Waals surface area contributed by atoms with E-state index in [1.807, 2.05) is 17.5 Å². The predicted molar refractivity (Wildman–Crippen MR) is 88.7 cm³/mol. The van der Waals surface area contributed by atoms with Crippen LogP contribution in [0.3, 0.4) is 0 Å². The van der Waals surface area contributed by atoms with E-state index in [1.165, 1.54) is 0 Å². The molecule has 0 unspecified atom stereocenters. The van der Waals surface area contributed by atoms with Gasteiger partial charge >= 0.3 is 0 Å². The van der Waals surface area contributed by atoms with Crippen molar-refractivity contribution in [3.8, 4) is 0 Å². The van der Waals surface area contributed by atoms with Crippen molar-refractivity contribution in [2.24, 2.45) is 0 Å². The maximum atomic E-state index is 12.0. The number of thiophene rings is 1. The minimum atomic E-state index is -0.168. The van der Waals surface area contributed by atoms with Crippen LogP contribution in [0.15, 0.2) is 47.0 Å². The van der Waals surface area contributed by atoms with E-state index in [4.69, 9.17) is 0 Å². The molecular weight excluding hydrogens is 296 g/mol. The molecule has 4 heterocycles. The molecule has 0 aliphatic carbocycles. The molecule has 106 valence electrons.